The van der Waals surface area contributed by atoms with Gasteiger partial charge in [-0.1, -0.05) is 5.16 Å². The second kappa shape index (κ2) is 6.27. The van der Waals surface area contributed by atoms with Gasteiger partial charge in [0.05, 0.1) is 24.3 Å². The van der Waals surface area contributed by atoms with E-state index in [9.17, 15) is 23.1 Å². The summed E-state index contributed by atoms with van der Waals surface area (Å²) in [6, 6.07) is 0.399. The first-order chi connectivity index (χ1) is 12.5. The number of hydrogen-bond acceptors (Lipinski definition) is 6. The van der Waals surface area contributed by atoms with Gasteiger partial charge in [0.25, 0.3) is 17.6 Å². The van der Waals surface area contributed by atoms with Gasteiger partial charge in [-0.05, 0) is 25.3 Å². The Labute approximate surface area is 145 Å². The van der Waals surface area contributed by atoms with Crippen molar-refractivity contribution in [2.24, 2.45) is 0 Å². The number of aromatic hydroxyl groups is 1. The van der Waals surface area contributed by atoms with Crippen LogP contribution in [0.25, 0.3) is 11.5 Å². The predicted molar refractivity (Wildman–Crippen MR) is 79.7 cm³/mol. The molecular weight excluding hydrogens is 355 g/mol. The molecule has 1 aromatic heterocycles. The molecule has 1 aliphatic carbocycles. The molecule has 1 aromatic carbocycles. The van der Waals surface area contributed by atoms with Crippen LogP contribution in [-0.4, -0.2) is 51.4 Å². The number of nitrogens with zero attached hydrogens (tertiary/aromatic N) is 3. The summed E-state index contributed by atoms with van der Waals surface area (Å²) in [6.07, 6.45) is 2.58. The standard InChI is InChI=1S/C16H14F3N3O4/c17-8-6-7(11(18)13(23)12(8)19)15-20-14(21-26-15)16(24)22-4-5-25-10-3-1-2-9(10)22/h6,9-10,23H,1-5H2/t9-,10+/m1/s1. The van der Waals surface area contributed by atoms with Gasteiger partial charge in [-0.25, -0.2) is 8.78 Å². The second-order valence-corrected chi connectivity index (χ2v) is 6.21. The molecule has 0 radical (unpaired) electrons. The minimum atomic E-state index is -1.72. The van der Waals surface area contributed by atoms with Crippen molar-refractivity contribution in [1.82, 2.24) is 15.0 Å². The summed E-state index contributed by atoms with van der Waals surface area (Å²) in [4.78, 5) is 18.1. The van der Waals surface area contributed by atoms with Gasteiger partial charge in [-0.15, -0.1) is 0 Å². The first kappa shape index (κ1) is 16.8. The Morgan fingerprint density at radius 2 is 2.08 bits per heavy atom. The third-order valence-corrected chi connectivity index (χ3v) is 4.72. The van der Waals surface area contributed by atoms with Crippen molar-refractivity contribution in [2.45, 2.75) is 31.4 Å². The molecule has 138 valence electrons. The average molecular weight is 369 g/mol. The van der Waals surface area contributed by atoms with Crippen LogP contribution < -0.4 is 0 Å². The zero-order chi connectivity index (χ0) is 18.4. The fourth-order valence-corrected chi connectivity index (χ4v) is 3.47. The lowest BCUT2D eigenvalue weighted by Gasteiger charge is -2.36. The highest BCUT2D eigenvalue weighted by atomic mass is 19.2. The molecule has 1 saturated heterocycles. The Hall–Kier alpha value is -2.62. The SMILES string of the molecule is O=C(c1noc(-c2cc(F)c(F)c(O)c2F)n1)N1CCO[C@H]2CCC[C@H]21. The largest absolute Gasteiger partial charge is 0.503 e. The first-order valence-corrected chi connectivity index (χ1v) is 8.10. The topological polar surface area (TPSA) is 88.7 Å². The molecule has 7 nitrogen and oxygen atoms in total. The number of phenols is 1. The summed E-state index contributed by atoms with van der Waals surface area (Å²) in [5.74, 6) is -7.50. The minimum Gasteiger partial charge on any atom is -0.503 e. The summed E-state index contributed by atoms with van der Waals surface area (Å²) in [5, 5.41) is 12.8. The number of morpholine rings is 1. The van der Waals surface area contributed by atoms with E-state index >= 15 is 0 Å². The van der Waals surface area contributed by atoms with Crippen LogP contribution in [0.4, 0.5) is 13.2 Å². The summed E-state index contributed by atoms with van der Waals surface area (Å²) in [7, 11) is 0. The van der Waals surface area contributed by atoms with Gasteiger partial charge in [0.15, 0.2) is 17.4 Å². The van der Waals surface area contributed by atoms with Gasteiger partial charge < -0.3 is 19.3 Å². The maximum Gasteiger partial charge on any atom is 0.295 e. The lowest BCUT2D eigenvalue weighted by molar-refractivity contribution is -0.0450. The van der Waals surface area contributed by atoms with E-state index in [-0.39, 0.29) is 18.0 Å². The fraction of sp³-hybridized carbons (Fsp3) is 0.438. The van der Waals surface area contributed by atoms with Crippen LogP contribution in [-0.2, 0) is 4.74 Å². The fourth-order valence-electron chi connectivity index (χ4n) is 3.47. The van der Waals surface area contributed by atoms with E-state index in [0.29, 0.717) is 19.2 Å². The van der Waals surface area contributed by atoms with Gasteiger partial charge >= 0.3 is 0 Å². The Morgan fingerprint density at radius 1 is 1.27 bits per heavy atom. The third-order valence-electron chi connectivity index (χ3n) is 4.72. The Kier molecular flexibility index (Phi) is 4.06. The van der Waals surface area contributed by atoms with E-state index in [4.69, 9.17) is 9.26 Å². The Bertz CT molecular complexity index is 873. The van der Waals surface area contributed by atoms with Gasteiger partial charge in [-0.2, -0.15) is 9.37 Å². The maximum absolute atomic E-state index is 14.0. The molecule has 2 atom stereocenters. The number of amides is 1. The van der Waals surface area contributed by atoms with Gasteiger partial charge in [-0.3, -0.25) is 4.79 Å². The van der Waals surface area contributed by atoms with Crippen molar-refractivity contribution in [2.75, 3.05) is 13.2 Å². The number of phenolic OH excluding ortho intramolecular Hbond substituents is 1. The second-order valence-electron chi connectivity index (χ2n) is 6.21. The molecule has 26 heavy (non-hydrogen) atoms. The first-order valence-electron chi connectivity index (χ1n) is 8.10. The highest BCUT2D eigenvalue weighted by molar-refractivity contribution is 5.91. The van der Waals surface area contributed by atoms with E-state index in [1.807, 2.05) is 0 Å². The monoisotopic (exact) mass is 369 g/mol. The van der Waals surface area contributed by atoms with Crippen LogP contribution in [0, 0.1) is 17.5 Å². The van der Waals surface area contributed by atoms with Gasteiger partial charge in [0.1, 0.15) is 0 Å². The summed E-state index contributed by atoms with van der Waals surface area (Å²) < 4.78 is 51.0. The van der Waals surface area contributed by atoms with Gasteiger partial charge in [0, 0.05) is 6.54 Å². The molecule has 1 saturated carbocycles. The molecule has 4 rings (SSSR count). The van der Waals surface area contributed by atoms with Crippen LogP contribution in [0.5, 0.6) is 5.75 Å². The van der Waals surface area contributed by atoms with Crippen molar-refractivity contribution in [3.05, 3.63) is 29.3 Å². The molecule has 0 unspecified atom stereocenters. The Balaban J connectivity index is 1.63. The number of fused-ring (bicyclic) bond motifs is 1. The van der Waals surface area contributed by atoms with Crippen LogP contribution in [0.15, 0.2) is 10.6 Å². The van der Waals surface area contributed by atoms with Crippen LogP contribution in [0.2, 0.25) is 0 Å². The van der Waals surface area contributed by atoms with Crippen molar-refractivity contribution >= 4 is 5.91 Å². The molecule has 10 heteroatoms. The van der Waals surface area contributed by atoms with Crippen molar-refractivity contribution in [1.29, 1.82) is 0 Å². The molecule has 2 heterocycles. The van der Waals surface area contributed by atoms with Gasteiger partial charge in [0.2, 0.25) is 5.82 Å². The smallest absolute Gasteiger partial charge is 0.295 e. The quantitative estimate of drug-likeness (QED) is 0.817. The molecule has 1 aliphatic heterocycles. The summed E-state index contributed by atoms with van der Waals surface area (Å²) >= 11 is 0. The zero-order valence-electron chi connectivity index (χ0n) is 13.4. The third kappa shape index (κ3) is 2.61. The molecule has 0 bridgehead atoms. The summed E-state index contributed by atoms with van der Waals surface area (Å²) in [6.45, 7) is 0.757. The lowest BCUT2D eigenvalue weighted by Crippen LogP contribution is -2.51. The molecule has 1 amide bonds. The van der Waals surface area contributed by atoms with Crippen molar-refractivity contribution in [3.63, 3.8) is 0 Å². The number of carbonyl (C=O) groups is 1. The van der Waals surface area contributed by atoms with Crippen LogP contribution in [0.1, 0.15) is 29.9 Å². The Morgan fingerprint density at radius 3 is 2.88 bits per heavy atom. The van der Waals surface area contributed by atoms with E-state index < -0.39 is 40.6 Å². The molecule has 2 aliphatic rings. The number of rotatable bonds is 2. The van der Waals surface area contributed by atoms with Crippen LogP contribution in [0.3, 0.4) is 0 Å². The number of carbonyl (C=O) groups excluding carboxylic acids is 1. The number of benzene rings is 1. The van der Waals surface area contributed by atoms with Crippen molar-refractivity contribution in [3.8, 4) is 17.2 Å². The highest BCUT2D eigenvalue weighted by Crippen LogP contribution is 2.33. The predicted octanol–water partition coefficient (Wildman–Crippen LogP) is 2.25. The molecule has 0 spiro atoms. The molecule has 1 N–H and O–H groups in total. The number of halogens is 3. The number of hydrogen-bond donors (Lipinski definition) is 1. The van der Waals surface area contributed by atoms with E-state index in [0.717, 1.165) is 19.3 Å². The molecule has 2 fully saturated rings. The molecular formula is C16H14F3N3O4. The van der Waals surface area contributed by atoms with E-state index in [1.165, 1.54) is 0 Å². The molecule has 2 aromatic rings. The maximum atomic E-state index is 14.0. The normalized spacial score (nSPS) is 22.5. The number of aromatic nitrogens is 2. The zero-order valence-corrected chi connectivity index (χ0v) is 13.4. The van der Waals surface area contributed by atoms with E-state index in [2.05, 4.69) is 10.1 Å². The lowest BCUT2D eigenvalue weighted by atomic mass is 10.1. The highest BCUT2D eigenvalue weighted by Gasteiger charge is 2.40. The van der Waals surface area contributed by atoms with E-state index in [1.54, 1.807) is 4.90 Å². The summed E-state index contributed by atoms with van der Waals surface area (Å²) in [5.41, 5.74) is -0.631. The average Bonchev–Trinajstić information content (AvgIpc) is 3.31. The minimum absolute atomic E-state index is 0.0281. The number of ether oxygens (including phenoxy) is 1. The van der Waals surface area contributed by atoms with Crippen molar-refractivity contribution < 1.29 is 32.3 Å². The van der Waals surface area contributed by atoms with Crippen LogP contribution >= 0.6 is 0 Å².